The molecule has 138 valence electrons. The molecule has 4 rings (SSSR count). The summed E-state index contributed by atoms with van der Waals surface area (Å²) in [6, 6.07) is 15.3. The highest BCUT2D eigenvalue weighted by atomic mass is 16.3. The maximum Gasteiger partial charge on any atom is 0.348 e. The van der Waals surface area contributed by atoms with Crippen molar-refractivity contribution < 1.29 is 5.11 Å². The molecule has 0 unspecified atom stereocenters. The van der Waals surface area contributed by atoms with Crippen molar-refractivity contribution in [2.24, 2.45) is 5.92 Å². The fraction of sp³-hybridized carbons (Fsp3) is 0.238. The zero-order chi connectivity index (χ0) is 19.0. The van der Waals surface area contributed by atoms with Crippen LogP contribution in [-0.2, 0) is 6.54 Å². The van der Waals surface area contributed by atoms with Gasteiger partial charge in [0.2, 0.25) is 0 Å². The average Bonchev–Trinajstić information content (AvgIpc) is 3.04. The Morgan fingerprint density at radius 2 is 2.04 bits per heavy atom. The van der Waals surface area contributed by atoms with Gasteiger partial charge in [-0.05, 0) is 53.9 Å². The Morgan fingerprint density at radius 1 is 1.19 bits per heavy atom. The van der Waals surface area contributed by atoms with Crippen LogP contribution in [0.25, 0.3) is 27.7 Å². The SMILES string of the molecule is CC(C)CNCc1cc(-c2cccc3c2ccc2n[nH]c(=O)n23)ccc1O. The molecule has 0 saturated carbocycles. The number of aromatic amines is 1. The van der Waals surface area contributed by atoms with Crippen molar-refractivity contribution in [1.82, 2.24) is 19.9 Å². The first-order chi connectivity index (χ1) is 13.0. The Balaban J connectivity index is 1.81. The quantitative estimate of drug-likeness (QED) is 0.509. The van der Waals surface area contributed by atoms with E-state index in [0.29, 0.717) is 18.1 Å². The predicted molar refractivity (Wildman–Crippen MR) is 107 cm³/mol. The van der Waals surface area contributed by atoms with Crippen LogP contribution in [0.15, 0.2) is 53.3 Å². The van der Waals surface area contributed by atoms with Crippen molar-refractivity contribution in [2.75, 3.05) is 6.54 Å². The molecule has 3 N–H and O–H groups in total. The lowest BCUT2D eigenvalue weighted by molar-refractivity contribution is 0.461. The summed E-state index contributed by atoms with van der Waals surface area (Å²) < 4.78 is 1.57. The number of phenols is 1. The van der Waals surface area contributed by atoms with Gasteiger partial charge in [-0.25, -0.2) is 14.3 Å². The lowest BCUT2D eigenvalue weighted by atomic mass is 9.98. The summed E-state index contributed by atoms with van der Waals surface area (Å²) in [5.74, 6) is 0.827. The molecular formula is C21H22N4O2. The normalized spacial score (nSPS) is 11.7. The maximum absolute atomic E-state index is 12.1. The van der Waals surface area contributed by atoms with E-state index >= 15 is 0 Å². The second-order valence-corrected chi connectivity index (χ2v) is 7.16. The molecule has 4 aromatic rings. The van der Waals surface area contributed by atoms with Gasteiger partial charge in [0, 0.05) is 17.5 Å². The van der Waals surface area contributed by atoms with E-state index in [1.54, 1.807) is 10.5 Å². The number of benzene rings is 2. The topological polar surface area (TPSA) is 82.4 Å². The van der Waals surface area contributed by atoms with E-state index in [4.69, 9.17) is 0 Å². The van der Waals surface area contributed by atoms with Crippen LogP contribution >= 0.6 is 0 Å². The van der Waals surface area contributed by atoms with Gasteiger partial charge >= 0.3 is 5.69 Å². The summed E-state index contributed by atoms with van der Waals surface area (Å²) >= 11 is 0. The number of H-pyrrole nitrogens is 1. The van der Waals surface area contributed by atoms with Crippen LogP contribution in [0.2, 0.25) is 0 Å². The van der Waals surface area contributed by atoms with Crippen molar-refractivity contribution in [3.05, 3.63) is 64.6 Å². The van der Waals surface area contributed by atoms with E-state index in [1.807, 2.05) is 42.5 Å². The van der Waals surface area contributed by atoms with Crippen LogP contribution in [0.4, 0.5) is 0 Å². The van der Waals surface area contributed by atoms with Gasteiger partial charge in [-0.1, -0.05) is 32.0 Å². The van der Waals surface area contributed by atoms with E-state index in [2.05, 4.69) is 29.4 Å². The number of aromatic nitrogens is 3. The first-order valence-electron chi connectivity index (χ1n) is 9.06. The number of fused-ring (bicyclic) bond motifs is 3. The minimum Gasteiger partial charge on any atom is -0.508 e. The summed E-state index contributed by atoms with van der Waals surface area (Å²) in [5, 5.41) is 21.1. The molecule has 0 amide bonds. The molecule has 0 aliphatic heterocycles. The van der Waals surface area contributed by atoms with Crippen molar-refractivity contribution in [3.63, 3.8) is 0 Å². The Bertz CT molecular complexity index is 1170. The first-order valence-corrected chi connectivity index (χ1v) is 9.06. The minimum atomic E-state index is -0.253. The molecule has 0 spiro atoms. The molecule has 2 heterocycles. The first kappa shape index (κ1) is 17.3. The Labute approximate surface area is 156 Å². The molecule has 0 saturated heterocycles. The highest BCUT2D eigenvalue weighted by Crippen LogP contribution is 2.31. The van der Waals surface area contributed by atoms with E-state index in [1.165, 1.54) is 0 Å². The molecule has 2 aromatic carbocycles. The van der Waals surface area contributed by atoms with Gasteiger partial charge in [-0.15, -0.1) is 0 Å². The second kappa shape index (κ2) is 6.89. The van der Waals surface area contributed by atoms with E-state index in [9.17, 15) is 9.90 Å². The summed E-state index contributed by atoms with van der Waals surface area (Å²) in [5.41, 5.74) is 4.00. The smallest absolute Gasteiger partial charge is 0.348 e. The standard InChI is InChI=1S/C21H22N4O2/c1-13(2)11-22-12-15-10-14(6-8-19(15)26)16-4-3-5-18-17(16)7-9-20-23-24-21(27)25(18)20/h3-10,13,22,26H,11-12H2,1-2H3,(H,24,27). The third-order valence-corrected chi connectivity index (χ3v) is 4.68. The summed E-state index contributed by atoms with van der Waals surface area (Å²) in [6.07, 6.45) is 0. The van der Waals surface area contributed by atoms with Crippen LogP contribution in [-0.4, -0.2) is 26.2 Å². The van der Waals surface area contributed by atoms with Gasteiger partial charge in [-0.2, -0.15) is 5.10 Å². The Kier molecular flexibility index (Phi) is 4.41. The molecule has 2 aromatic heterocycles. The second-order valence-electron chi connectivity index (χ2n) is 7.16. The van der Waals surface area contributed by atoms with Gasteiger partial charge in [0.25, 0.3) is 0 Å². The highest BCUT2D eigenvalue weighted by Gasteiger charge is 2.11. The number of hydrogen-bond donors (Lipinski definition) is 3. The number of rotatable bonds is 5. The van der Waals surface area contributed by atoms with Gasteiger partial charge in [0.1, 0.15) is 5.75 Å². The van der Waals surface area contributed by atoms with Gasteiger partial charge in [0.05, 0.1) is 5.52 Å². The zero-order valence-corrected chi connectivity index (χ0v) is 15.4. The van der Waals surface area contributed by atoms with E-state index < -0.39 is 0 Å². The lowest BCUT2D eigenvalue weighted by Gasteiger charge is -2.12. The molecule has 0 aliphatic carbocycles. The van der Waals surface area contributed by atoms with Crippen molar-refractivity contribution >= 4 is 16.6 Å². The number of phenolic OH excluding ortho intramolecular Hbond substituents is 1. The number of hydrogen-bond acceptors (Lipinski definition) is 4. The molecule has 0 fully saturated rings. The van der Waals surface area contributed by atoms with Gasteiger partial charge in [0.15, 0.2) is 5.65 Å². The molecule has 27 heavy (non-hydrogen) atoms. The minimum absolute atomic E-state index is 0.253. The van der Waals surface area contributed by atoms with Crippen molar-refractivity contribution in [1.29, 1.82) is 0 Å². The predicted octanol–water partition coefficient (Wildman–Crippen LogP) is 3.29. The molecule has 0 aliphatic rings. The van der Waals surface area contributed by atoms with Gasteiger partial charge in [-0.3, -0.25) is 0 Å². The molecule has 6 nitrogen and oxygen atoms in total. The van der Waals surface area contributed by atoms with Crippen LogP contribution in [0.5, 0.6) is 5.75 Å². The number of nitrogens with zero attached hydrogens (tertiary/aromatic N) is 2. The molecule has 6 heteroatoms. The van der Waals surface area contributed by atoms with Crippen LogP contribution in [0.3, 0.4) is 0 Å². The number of pyridine rings is 1. The molecule has 0 bridgehead atoms. The summed E-state index contributed by atoms with van der Waals surface area (Å²) in [4.78, 5) is 12.1. The highest BCUT2D eigenvalue weighted by molar-refractivity contribution is 5.96. The van der Waals surface area contributed by atoms with Gasteiger partial charge < -0.3 is 10.4 Å². The summed E-state index contributed by atoms with van der Waals surface area (Å²) in [7, 11) is 0. The fourth-order valence-electron chi connectivity index (χ4n) is 3.38. The number of aromatic hydroxyl groups is 1. The maximum atomic E-state index is 12.1. The fourth-order valence-corrected chi connectivity index (χ4v) is 3.38. The zero-order valence-electron chi connectivity index (χ0n) is 15.4. The van der Waals surface area contributed by atoms with Crippen LogP contribution in [0.1, 0.15) is 19.4 Å². The third-order valence-electron chi connectivity index (χ3n) is 4.68. The molecule has 0 atom stereocenters. The lowest BCUT2D eigenvalue weighted by Crippen LogP contribution is -2.19. The van der Waals surface area contributed by atoms with E-state index in [0.717, 1.165) is 34.1 Å². The largest absolute Gasteiger partial charge is 0.508 e. The van der Waals surface area contributed by atoms with Crippen molar-refractivity contribution in [3.8, 4) is 16.9 Å². The van der Waals surface area contributed by atoms with E-state index in [-0.39, 0.29) is 11.4 Å². The molecular weight excluding hydrogens is 340 g/mol. The van der Waals surface area contributed by atoms with Crippen LogP contribution < -0.4 is 11.0 Å². The third kappa shape index (κ3) is 3.19. The Hall–Kier alpha value is -3.12. The number of nitrogens with one attached hydrogen (secondary N) is 2. The van der Waals surface area contributed by atoms with Crippen LogP contribution in [0, 0.1) is 5.92 Å². The van der Waals surface area contributed by atoms with Crippen molar-refractivity contribution in [2.45, 2.75) is 20.4 Å². The summed E-state index contributed by atoms with van der Waals surface area (Å²) in [6.45, 7) is 5.79. The molecule has 0 radical (unpaired) electrons. The average molecular weight is 362 g/mol. The Morgan fingerprint density at radius 3 is 2.85 bits per heavy atom. The monoisotopic (exact) mass is 362 g/mol.